The van der Waals surface area contributed by atoms with Gasteiger partial charge in [0.15, 0.2) is 0 Å². The van der Waals surface area contributed by atoms with E-state index >= 15 is 0 Å². The predicted molar refractivity (Wildman–Crippen MR) is 71.7 cm³/mol. The third kappa shape index (κ3) is 5.19. The molecule has 1 aromatic carbocycles. The Bertz CT molecular complexity index is 366. The highest BCUT2D eigenvalue weighted by molar-refractivity contribution is 5.93. The summed E-state index contributed by atoms with van der Waals surface area (Å²) in [4.78, 5) is 16.2. The predicted octanol–water partition coefficient (Wildman–Crippen LogP) is 3.70. The van der Waals surface area contributed by atoms with Crippen LogP contribution in [0.4, 0.5) is 5.69 Å². The highest BCUT2D eigenvalue weighted by atomic mass is 16.6. The van der Waals surface area contributed by atoms with Gasteiger partial charge in [-0.2, -0.15) is 0 Å². The first-order chi connectivity index (χ1) is 8.75. The van der Waals surface area contributed by atoms with Crippen molar-refractivity contribution in [3.05, 3.63) is 29.8 Å². The van der Waals surface area contributed by atoms with Crippen LogP contribution in [0.2, 0.25) is 0 Å². The molecule has 4 nitrogen and oxygen atoms in total. The first kappa shape index (κ1) is 14.5. The number of hydrogen-bond acceptors (Lipinski definition) is 3. The first-order valence-electron chi connectivity index (χ1n) is 6.45. The molecule has 0 amide bonds. The average molecular weight is 251 g/mol. The van der Waals surface area contributed by atoms with E-state index in [-0.39, 0.29) is 5.56 Å². The molecular formula is C14H21NO3. The fraction of sp³-hybridized carbons (Fsp3) is 0.500. The molecule has 0 heterocycles. The zero-order chi connectivity index (χ0) is 13.2. The molecule has 4 heteroatoms. The molecule has 0 aliphatic carbocycles. The molecule has 0 saturated heterocycles. The van der Waals surface area contributed by atoms with Crippen LogP contribution in [0.25, 0.3) is 0 Å². The van der Waals surface area contributed by atoms with Crippen LogP contribution in [0.15, 0.2) is 24.3 Å². The number of carbonyl (C=O) groups is 1. The Morgan fingerprint density at radius 1 is 1.22 bits per heavy atom. The Morgan fingerprint density at radius 3 is 2.67 bits per heavy atom. The maximum atomic E-state index is 10.9. The molecule has 2 N–H and O–H groups in total. The van der Waals surface area contributed by atoms with E-state index in [2.05, 4.69) is 12.4 Å². The summed E-state index contributed by atoms with van der Waals surface area (Å²) in [7, 11) is 0. The van der Waals surface area contributed by atoms with Gasteiger partial charge in [-0.15, -0.1) is 0 Å². The summed E-state index contributed by atoms with van der Waals surface area (Å²) in [5.41, 5.74) is 3.43. The summed E-state index contributed by atoms with van der Waals surface area (Å²) in [5.74, 6) is -0.954. The molecule has 0 aliphatic heterocycles. The van der Waals surface area contributed by atoms with E-state index in [0.29, 0.717) is 12.3 Å². The minimum Gasteiger partial charge on any atom is -0.478 e. The van der Waals surface area contributed by atoms with E-state index in [0.717, 1.165) is 12.8 Å². The van der Waals surface area contributed by atoms with Crippen LogP contribution >= 0.6 is 0 Å². The van der Waals surface area contributed by atoms with Gasteiger partial charge in [0.25, 0.3) is 0 Å². The Hall–Kier alpha value is -1.55. The quantitative estimate of drug-likeness (QED) is 0.519. The first-order valence-corrected chi connectivity index (χ1v) is 6.45. The number of carboxylic acid groups (broad SMARTS) is 1. The molecule has 0 saturated carbocycles. The van der Waals surface area contributed by atoms with Crippen LogP contribution in [0.1, 0.15) is 49.4 Å². The zero-order valence-corrected chi connectivity index (χ0v) is 10.8. The SMILES string of the molecule is CCCCCCCONc1ccccc1C(=O)O. The number of para-hydroxylation sites is 1. The number of anilines is 1. The zero-order valence-electron chi connectivity index (χ0n) is 10.8. The molecule has 1 aromatic rings. The average Bonchev–Trinajstić information content (AvgIpc) is 2.38. The maximum absolute atomic E-state index is 10.9. The minimum atomic E-state index is -0.954. The van der Waals surface area contributed by atoms with Gasteiger partial charge in [-0.05, 0) is 18.6 Å². The number of benzene rings is 1. The summed E-state index contributed by atoms with van der Waals surface area (Å²) in [6.45, 7) is 2.78. The lowest BCUT2D eigenvalue weighted by atomic mass is 10.2. The molecule has 0 spiro atoms. The van der Waals surface area contributed by atoms with E-state index in [4.69, 9.17) is 9.94 Å². The smallest absolute Gasteiger partial charge is 0.337 e. The van der Waals surface area contributed by atoms with Crippen molar-refractivity contribution in [3.63, 3.8) is 0 Å². The van der Waals surface area contributed by atoms with Gasteiger partial charge < -0.3 is 5.11 Å². The van der Waals surface area contributed by atoms with Gasteiger partial charge in [0.1, 0.15) is 0 Å². The summed E-state index contributed by atoms with van der Waals surface area (Å²) >= 11 is 0. The molecule has 0 bridgehead atoms. The van der Waals surface area contributed by atoms with Crippen LogP contribution in [-0.2, 0) is 4.84 Å². The molecule has 0 aromatic heterocycles. The lowest BCUT2D eigenvalue weighted by molar-refractivity contribution is 0.0696. The molecule has 0 fully saturated rings. The van der Waals surface area contributed by atoms with Crippen LogP contribution < -0.4 is 5.48 Å². The monoisotopic (exact) mass is 251 g/mol. The van der Waals surface area contributed by atoms with Crippen LogP contribution in [-0.4, -0.2) is 17.7 Å². The number of hydrogen-bond donors (Lipinski definition) is 2. The third-order valence-electron chi connectivity index (χ3n) is 2.69. The summed E-state index contributed by atoms with van der Waals surface area (Å²) in [5, 5.41) is 8.97. The molecule has 18 heavy (non-hydrogen) atoms. The van der Waals surface area contributed by atoms with Crippen LogP contribution in [0, 0.1) is 0 Å². The number of carboxylic acids is 1. The Labute approximate surface area is 108 Å². The number of rotatable bonds is 9. The Kier molecular flexibility index (Phi) is 6.87. The van der Waals surface area contributed by atoms with Crippen molar-refractivity contribution in [1.29, 1.82) is 0 Å². The van der Waals surface area contributed by atoms with Gasteiger partial charge in [-0.25, -0.2) is 4.79 Å². The second kappa shape index (κ2) is 8.53. The second-order valence-corrected chi connectivity index (χ2v) is 4.22. The van der Waals surface area contributed by atoms with Gasteiger partial charge >= 0.3 is 5.97 Å². The van der Waals surface area contributed by atoms with Crippen molar-refractivity contribution in [1.82, 2.24) is 0 Å². The molecule has 1 rings (SSSR count). The van der Waals surface area contributed by atoms with Crippen LogP contribution in [0.3, 0.4) is 0 Å². The molecule has 0 unspecified atom stereocenters. The third-order valence-corrected chi connectivity index (χ3v) is 2.69. The second-order valence-electron chi connectivity index (χ2n) is 4.22. The fourth-order valence-corrected chi connectivity index (χ4v) is 1.67. The highest BCUT2D eigenvalue weighted by Crippen LogP contribution is 2.14. The fourth-order valence-electron chi connectivity index (χ4n) is 1.67. The van der Waals surface area contributed by atoms with Gasteiger partial charge in [0.2, 0.25) is 0 Å². The molecule has 100 valence electrons. The van der Waals surface area contributed by atoms with Crippen molar-refractivity contribution in [2.24, 2.45) is 0 Å². The largest absolute Gasteiger partial charge is 0.478 e. The van der Waals surface area contributed by atoms with Crippen molar-refractivity contribution in [2.75, 3.05) is 12.1 Å². The van der Waals surface area contributed by atoms with Crippen LogP contribution in [0.5, 0.6) is 0 Å². The lowest BCUT2D eigenvalue weighted by Gasteiger charge is -2.09. The van der Waals surface area contributed by atoms with Gasteiger partial charge in [0.05, 0.1) is 17.9 Å². The van der Waals surface area contributed by atoms with E-state index in [1.54, 1.807) is 24.3 Å². The van der Waals surface area contributed by atoms with Gasteiger partial charge in [-0.3, -0.25) is 10.3 Å². The Balaban J connectivity index is 2.25. The summed E-state index contributed by atoms with van der Waals surface area (Å²) < 4.78 is 0. The van der Waals surface area contributed by atoms with Crippen molar-refractivity contribution in [3.8, 4) is 0 Å². The van der Waals surface area contributed by atoms with Crippen molar-refractivity contribution >= 4 is 11.7 Å². The molecule has 0 radical (unpaired) electrons. The highest BCUT2D eigenvalue weighted by Gasteiger charge is 2.08. The van der Waals surface area contributed by atoms with E-state index in [1.165, 1.54) is 19.3 Å². The topological polar surface area (TPSA) is 58.6 Å². The normalized spacial score (nSPS) is 10.3. The molecule has 0 atom stereocenters. The number of aromatic carboxylic acids is 1. The number of unbranched alkanes of at least 4 members (excludes halogenated alkanes) is 4. The van der Waals surface area contributed by atoms with E-state index < -0.39 is 5.97 Å². The standard InChI is InChI=1S/C14H21NO3/c1-2-3-4-5-8-11-18-15-13-10-7-6-9-12(13)14(16)17/h6-7,9-10,15H,2-5,8,11H2,1H3,(H,16,17). The molecule has 0 aliphatic rings. The minimum absolute atomic E-state index is 0.225. The summed E-state index contributed by atoms with van der Waals surface area (Å²) in [6.07, 6.45) is 5.85. The van der Waals surface area contributed by atoms with Crippen molar-refractivity contribution < 1.29 is 14.7 Å². The number of nitrogens with one attached hydrogen (secondary N) is 1. The lowest BCUT2D eigenvalue weighted by Crippen LogP contribution is -2.08. The van der Waals surface area contributed by atoms with Gasteiger partial charge in [0, 0.05) is 0 Å². The maximum Gasteiger partial charge on any atom is 0.337 e. The van der Waals surface area contributed by atoms with E-state index in [9.17, 15) is 4.79 Å². The Morgan fingerprint density at radius 2 is 1.94 bits per heavy atom. The summed E-state index contributed by atoms with van der Waals surface area (Å²) in [6, 6.07) is 6.72. The van der Waals surface area contributed by atoms with E-state index in [1.807, 2.05) is 0 Å². The molecular weight excluding hydrogens is 230 g/mol. The van der Waals surface area contributed by atoms with Crippen molar-refractivity contribution in [2.45, 2.75) is 39.0 Å². The van der Waals surface area contributed by atoms with Gasteiger partial charge in [-0.1, -0.05) is 44.7 Å².